The van der Waals surface area contributed by atoms with E-state index in [0.717, 1.165) is 32.4 Å². The fourth-order valence-electron chi connectivity index (χ4n) is 2.18. The number of nitro groups is 1. The van der Waals surface area contributed by atoms with Gasteiger partial charge in [-0.05, 0) is 25.0 Å². The minimum Gasteiger partial charge on any atom is -0.477 e. The zero-order chi connectivity index (χ0) is 13.8. The van der Waals surface area contributed by atoms with Crippen LogP contribution in [0.25, 0.3) is 0 Å². The van der Waals surface area contributed by atoms with Crippen molar-refractivity contribution in [3.8, 4) is 0 Å². The molecule has 1 aliphatic heterocycles. The summed E-state index contributed by atoms with van der Waals surface area (Å²) in [6.07, 6.45) is 3.20. The normalized spacial score (nSPS) is 16.0. The second-order valence-corrected chi connectivity index (χ2v) is 4.42. The molecular weight excluding hydrogens is 250 g/mol. The van der Waals surface area contributed by atoms with Crippen LogP contribution in [0.4, 0.5) is 11.4 Å². The van der Waals surface area contributed by atoms with Gasteiger partial charge >= 0.3 is 11.7 Å². The quantitative estimate of drug-likeness (QED) is 0.639. The summed E-state index contributed by atoms with van der Waals surface area (Å²) in [4.78, 5) is 21.4. The van der Waals surface area contributed by atoms with Gasteiger partial charge in [-0.15, -0.1) is 0 Å². The number of anilines is 1. The number of carbonyl (C=O) groups is 1. The number of rotatable bonds is 4. The third-order valence-electron chi connectivity index (χ3n) is 3.08. The van der Waals surface area contributed by atoms with Gasteiger partial charge in [-0.3, -0.25) is 10.1 Å². The Balaban J connectivity index is 2.30. The molecule has 1 saturated heterocycles. The van der Waals surface area contributed by atoms with Gasteiger partial charge < -0.3 is 10.5 Å². The lowest BCUT2D eigenvalue weighted by molar-refractivity contribution is -0.384. The molecule has 1 heterocycles. The number of carboxylic acid groups (broad SMARTS) is 1. The fourth-order valence-corrected chi connectivity index (χ4v) is 2.18. The summed E-state index contributed by atoms with van der Waals surface area (Å²) in [5.74, 6) is -1.30. The van der Waals surface area contributed by atoms with Crippen molar-refractivity contribution in [1.29, 1.82) is 0 Å². The van der Waals surface area contributed by atoms with Crippen molar-refractivity contribution >= 4 is 17.3 Å². The van der Waals surface area contributed by atoms with E-state index in [2.05, 4.69) is 5.43 Å². The van der Waals surface area contributed by atoms with Crippen molar-refractivity contribution in [1.82, 2.24) is 5.01 Å². The number of hydrogen-bond acceptors (Lipinski definition) is 5. The fraction of sp³-hybridized carbons (Fsp3) is 0.417. The average molecular weight is 265 g/mol. The summed E-state index contributed by atoms with van der Waals surface area (Å²) in [6, 6.07) is 4.27. The molecule has 7 nitrogen and oxygen atoms in total. The minimum absolute atomic E-state index is 0.229. The molecular formula is C12H15N3O4. The molecule has 1 aromatic rings. The Morgan fingerprint density at radius 1 is 1.32 bits per heavy atom. The summed E-state index contributed by atoms with van der Waals surface area (Å²) in [5.41, 5.74) is 2.50. The maximum atomic E-state index is 11.1. The summed E-state index contributed by atoms with van der Waals surface area (Å²) >= 11 is 0. The first-order valence-electron chi connectivity index (χ1n) is 6.12. The zero-order valence-electron chi connectivity index (χ0n) is 10.3. The molecule has 0 aromatic heterocycles. The van der Waals surface area contributed by atoms with Gasteiger partial charge in [-0.1, -0.05) is 12.5 Å². The van der Waals surface area contributed by atoms with Crippen LogP contribution in [0.1, 0.15) is 29.6 Å². The lowest BCUT2D eigenvalue weighted by Gasteiger charge is -2.27. The molecule has 0 aliphatic carbocycles. The second-order valence-electron chi connectivity index (χ2n) is 4.42. The van der Waals surface area contributed by atoms with Crippen LogP contribution in [0.2, 0.25) is 0 Å². The highest BCUT2D eigenvalue weighted by atomic mass is 16.6. The standard InChI is InChI=1S/C12H15N3O4/c16-12(17)9-5-4-6-10(11(9)15(18)19)13-14-7-2-1-3-8-14/h4-6,13H,1-3,7-8H2,(H,16,17). The van der Waals surface area contributed by atoms with E-state index in [-0.39, 0.29) is 16.9 Å². The van der Waals surface area contributed by atoms with E-state index in [9.17, 15) is 14.9 Å². The maximum absolute atomic E-state index is 11.1. The zero-order valence-corrected chi connectivity index (χ0v) is 10.3. The highest BCUT2D eigenvalue weighted by Gasteiger charge is 2.25. The van der Waals surface area contributed by atoms with Gasteiger partial charge in [-0.2, -0.15) is 0 Å². The molecule has 2 N–H and O–H groups in total. The highest BCUT2D eigenvalue weighted by Crippen LogP contribution is 2.29. The molecule has 1 aromatic carbocycles. The van der Waals surface area contributed by atoms with E-state index in [1.807, 2.05) is 5.01 Å². The molecule has 2 rings (SSSR count). The predicted molar refractivity (Wildman–Crippen MR) is 69.1 cm³/mol. The minimum atomic E-state index is -1.30. The Kier molecular flexibility index (Phi) is 3.96. The number of aromatic carboxylic acids is 1. The van der Waals surface area contributed by atoms with Gasteiger partial charge in [0.1, 0.15) is 11.3 Å². The Morgan fingerprint density at radius 3 is 2.58 bits per heavy atom. The van der Waals surface area contributed by atoms with Crippen molar-refractivity contribution in [2.24, 2.45) is 0 Å². The van der Waals surface area contributed by atoms with Crippen molar-refractivity contribution in [2.45, 2.75) is 19.3 Å². The molecule has 1 aliphatic rings. The first-order valence-corrected chi connectivity index (χ1v) is 6.12. The largest absolute Gasteiger partial charge is 0.477 e. The predicted octanol–water partition coefficient (Wildman–Crippen LogP) is 2.11. The summed E-state index contributed by atoms with van der Waals surface area (Å²) in [6.45, 7) is 1.60. The first kappa shape index (κ1) is 13.3. The number of hydrazine groups is 1. The van der Waals surface area contributed by atoms with Crippen LogP contribution in [0.5, 0.6) is 0 Å². The van der Waals surface area contributed by atoms with Crippen molar-refractivity contribution < 1.29 is 14.8 Å². The van der Waals surface area contributed by atoms with Gasteiger partial charge in [-0.25, -0.2) is 9.80 Å². The molecule has 1 fully saturated rings. The smallest absolute Gasteiger partial charge is 0.342 e. The molecule has 102 valence electrons. The number of carboxylic acids is 1. The van der Waals surface area contributed by atoms with E-state index >= 15 is 0 Å². The summed E-state index contributed by atoms with van der Waals surface area (Å²) in [7, 11) is 0. The first-order chi connectivity index (χ1) is 9.09. The molecule has 0 amide bonds. The van der Waals surface area contributed by atoms with Gasteiger partial charge in [0.15, 0.2) is 0 Å². The van der Waals surface area contributed by atoms with E-state index in [1.165, 1.54) is 18.2 Å². The molecule has 0 bridgehead atoms. The van der Waals surface area contributed by atoms with Crippen molar-refractivity contribution in [3.05, 3.63) is 33.9 Å². The Bertz CT molecular complexity index is 498. The monoisotopic (exact) mass is 265 g/mol. The van der Waals surface area contributed by atoms with Gasteiger partial charge in [0.05, 0.1) is 4.92 Å². The molecule has 0 spiro atoms. The third-order valence-corrected chi connectivity index (χ3v) is 3.08. The molecule has 0 unspecified atom stereocenters. The lowest BCUT2D eigenvalue weighted by Crippen LogP contribution is -2.35. The number of nitro benzene ring substituents is 1. The second kappa shape index (κ2) is 5.66. The lowest BCUT2D eigenvalue weighted by atomic mass is 10.1. The van der Waals surface area contributed by atoms with Gasteiger partial charge in [0.2, 0.25) is 0 Å². The van der Waals surface area contributed by atoms with E-state index in [1.54, 1.807) is 0 Å². The van der Waals surface area contributed by atoms with Crippen LogP contribution in [0.15, 0.2) is 18.2 Å². The third kappa shape index (κ3) is 3.00. The summed E-state index contributed by atoms with van der Waals surface area (Å²) < 4.78 is 0. The number of benzene rings is 1. The Hall–Kier alpha value is -2.15. The maximum Gasteiger partial charge on any atom is 0.342 e. The van der Waals surface area contributed by atoms with Crippen molar-refractivity contribution in [3.63, 3.8) is 0 Å². The summed E-state index contributed by atoms with van der Waals surface area (Å²) in [5, 5.41) is 22.0. The molecule has 7 heteroatoms. The van der Waals surface area contributed by atoms with Crippen LogP contribution >= 0.6 is 0 Å². The molecule has 0 saturated carbocycles. The number of nitrogens with one attached hydrogen (secondary N) is 1. The van der Waals surface area contributed by atoms with E-state index in [0.29, 0.717) is 0 Å². The average Bonchev–Trinajstić information content (AvgIpc) is 2.39. The van der Waals surface area contributed by atoms with Crippen LogP contribution < -0.4 is 5.43 Å². The topological polar surface area (TPSA) is 95.7 Å². The van der Waals surface area contributed by atoms with Gasteiger partial charge in [0, 0.05) is 13.1 Å². The number of hydrogen-bond donors (Lipinski definition) is 2. The molecule has 0 atom stereocenters. The SMILES string of the molecule is O=C(O)c1cccc(NN2CCCCC2)c1[N+](=O)[O-]. The van der Waals surface area contributed by atoms with Gasteiger partial charge in [0.25, 0.3) is 0 Å². The highest BCUT2D eigenvalue weighted by molar-refractivity contribution is 5.95. The van der Waals surface area contributed by atoms with E-state index < -0.39 is 10.9 Å². The van der Waals surface area contributed by atoms with Crippen LogP contribution in [0, 0.1) is 10.1 Å². The number of para-hydroxylation sites is 1. The van der Waals surface area contributed by atoms with Crippen molar-refractivity contribution in [2.75, 3.05) is 18.5 Å². The van der Waals surface area contributed by atoms with Crippen LogP contribution in [0.3, 0.4) is 0 Å². The van der Waals surface area contributed by atoms with E-state index in [4.69, 9.17) is 5.11 Å². The molecule has 0 radical (unpaired) electrons. The van der Waals surface area contributed by atoms with Crippen LogP contribution in [-0.2, 0) is 0 Å². The Labute approximate surface area is 110 Å². The van der Waals surface area contributed by atoms with Crippen LogP contribution in [-0.4, -0.2) is 34.1 Å². The number of piperidine rings is 1. The Morgan fingerprint density at radius 2 is 2.00 bits per heavy atom. The molecule has 19 heavy (non-hydrogen) atoms. The number of nitrogens with zero attached hydrogens (tertiary/aromatic N) is 2.